The number of hydrogen-bond donors (Lipinski definition) is 0. The zero-order valence-electron chi connectivity index (χ0n) is 14.2. The molecule has 0 unspecified atom stereocenters. The van der Waals surface area contributed by atoms with Crippen LogP contribution in [0, 0.1) is 12.7 Å². The molecule has 1 fully saturated rings. The van der Waals surface area contributed by atoms with Crippen molar-refractivity contribution in [2.75, 3.05) is 6.61 Å². The lowest BCUT2D eigenvalue weighted by Crippen LogP contribution is -2.34. The first-order valence-electron chi connectivity index (χ1n) is 8.27. The van der Waals surface area contributed by atoms with E-state index in [1.165, 1.54) is 6.07 Å². The van der Waals surface area contributed by atoms with Gasteiger partial charge in [-0.1, -0.05) is 49.4 Å². The van der Waals surface area contributed by atoms with Crippen molar-refractivity contribution in [3.63, 3.8) is 0 Å². The van der Waals surface area contributed by atoms with E-state index in [-0.39, 0.29) is 30.7 Å². The van der Waals surface area contributed by atoms with Crippen LogP contribution in [-0.2, 0) is 9.53 Å². The summed E-state index contributed by atoms with van der Waals surface area (Å²) in [6.07, 6.45) is -0.603. The molecule has 5 heteroatoms. The fourth-order valence-electron chi connectivity index (χ4n) is 3.12. The SMILES string of the molecule is Cc1ccc([C@H](C)CC(=O)N2C(=O)OC[C@H]2c2ccccc2)c(F)c1. The van der Waals surface area contributed by atoms with Crippen LogP contribution in [0.15, 0.2) is 48.5 Å². The Labute approximate surface area is 146 Å². The van der Waals surface area contributed by atoms with Crippen molar-refractivity contribution in [3.05, 3.63) is 71.0 Å². The molecule has 4 nitrogen and oxygen atoms in total. The third-order valence-corrected chi connectivity index (χ3v) is 4.49. The third kappa shape index (κ3) is 3.55. The van der Waals surface area contributed by atoms with E-state index in [0.29, 0.717) is 5.56 Å². The molecule has 1 heterocycles. The van der Waals surface area contributed by atoms with Gasteiger partial charge < -0.3 is 4.74 Å². The quantitative estimate of drug-likeness (QED) is 0.831. The normalized spacial score (nSPS) is 18.1. The van der Waals surface area contributed by atoms with Crippen molar-refractivity contribution in [2.24, 2.45) is 0 Å². The first kappa shape index (κ1) is 17.1. The van der Waals surface area contributed by atoms with Crippen LogP contribution < -0.4 is 0 Å². The smallest absolute Gasteiger partial charge is 0.417 e. The number of carbonyl (C=O) groups is 2. The van der Waals surface area contributed by atoms with Gasteiger partial charge in [-0.2, -0.15) is 0 Å². The number of benzene rings is 2. The maximum atomic E-state index is 14.1. The second kappa shape index (κ2) is 7.05. The van der Waals surface area contributed by atoms with E-state index < -0.39 is 12.1 Å². The van der Waals surface area contributed by atoms with Crippen molar-refractivity contribution >= 4 is 12.0 Å². The first-order chi connectivity index (χ1) is 12.0. The van der Waals surface area contributed by atoms with Gasteiger partial charge in [0.05, 0.1) is 0 Å². The fourth-order valence-corrected chi connectivity index (χ4v) is 3.12. The van der Waals surface area contributed by atoms with Gasteiger partial charge in [-0.3, -0.25) is 4.79 Å². The van der Waals surface area contributed by atoms with Gasteiger partial charge in [0.15, 0.2) is 0 Å². The Hall–Kier alpha value is -2.69. The van der Waals surface area contributed by atoms with Gasteiger partial charge in [-0.15, -0.1) is 0 Å². The summed E-state index contributed by atoms with van der Waals surface area (Å²) in [5, 5.41) is 0. The lowest BCUT2D eigenvalue weighted by molar-refractivity contribution is -0.129. The van der Waals surface area contributed by atoms with Gasteiger partial charge in [0.2, 0.25) is 5.91 Å². The molecule has 130 valence electrons. The van der Waals surface area contributed by atoms with Crippen LogP contribution in [0.5, 0.6) is 0 Å². The summed E-state index contributed by atoms with van der Waals surface area (Å²) in [5.41, 5.74) is 2.14. The molecule has 0 N–H and O–H groups in total. The van der Waals surface area contributed by atoms with Crippen LogP contribution in [0.1, 0.15) is 42.0 Å². The maximum absolute atomic E-state index is 14.1. The number of ether oxygens (including phenoxy) is 1. The molecular weight excluding hydrogens is 321 g/mol. The molecule has 3 rings (SSSR count). The second-order valence-electron chi connectivity index (χ2n) is 6.40. The van der Waals surface area contributed by atoms with Gasteiger partial charge in [-0.05, 0) is 35.6 Å². The number of nitrogens with zero attached hydrogens (tertiary/aromatic N) is 1. The summed E-state index contributed by atoms with van der Waals surface area (Å²) in [5.74, 6) is -1.02. The number of halogens is 1. The molecular formula is C20H20FNO3. The van der Waals surface area contributed by atoms with E-state index in [9.17, 15) is 14.0 Å². The number of carbonyl (C=O) groups excluding carboxylic acids is 2. The Balaban J connectivity index is 1.78. The van der Waals surface area contributed by atoms with E-state index >= 15 is 0 Å². The highest BCUT2D eigenvalue weighted by molar-refractivity contribution is 5.94. The number of hydrogen-bond acceptors (Lipinski definition) is 3. The molecule has 2 atom stereocenters. The molecule has 25 heavy (non-hydrogen) atoms. The number of aryl methyl sites for hydroxylation is 1. The Kier molecular flexibility index (Phi) is 4.83. The second-order valence-corrected chi connectivity index (χ2v) is 6.40. The van der Waals surface area contributed by atoms with Crippen LogP contribution in [0.3, 0.4) is 0 Å². The lowest BCUT2D eigenvalue weighted by atomic mass is 9.95. The Morgan fingerprint density at radius 2 is 2.00 bits per heavy atom. The minimum absolute atomic E-state index is 0.0401. The number of rotatable bonds is 4. The van der Waals surface area contributed by atoms with Crippen molar-refractivity contribution in [1.29, 1.82) is 0 Å². The third-order valence-electron chi connectivity index (χ3n) is 4.49. The zero-order valence-corrected chi connectivity index (χ0v) is 14.2. The van der Waals surface area contributed by atoms with Crippen molar-refractivity contribution in [2.45, 2.75) is 32.2 Å². The fraction of sp³-hybridized carbons (Fsp3) is 0.300. The topological polar surface area (TPSA) is 46.6 Å². The Bertz CT molecular complexity index is 791. The highest BCUT2D eigenvalue weighted by atomic mass is 19.1. The summed E-state index contributed by atoms with van der Waals surface area (Å²) in [4.78, 5) is 25.9. The zero-order chi connectivity index (χ0) is 18.0. The van der Waals surface area contributed by atoms with Crippen LogP contribution >= 0.6 is 0 Å². The highest BCUT2D eigenvalue weighted by Crippen LogP contribution is 2.31. The minimum atomic E-state index is -0.643. The molecule has 1 aliphatic rings. The van der Waals surface area contributed by atoms with Crippen LogP contribution in [0.4, 0.5) is 9.18 Å². The summed E-state index contributed by atoms with van der Waals surface area (Å²) in [7, 11) is 0. The summed E-state index contributed by atoms with van der Waals surface area (Å²) < 4.78 is 19.2. The van der Waals surface area contributed by atoms with Gasteiger partial charge in [0.25, 0.3) is 0 Å². The summed E-state index contributed by atoms with van der Waals surface area (Å²) in [6, 6.07) is 13.8. The number of amides is 2. The van der Waals surface area contributed by atoms with Crippen molar-refractivity contribution in [3.8, 4) is 0 Å². The largest absolute Gasteiger partial charge is 0.446 e. The van der Waals surface area contributed by atoms with Gasteiger partial charge in [-0.25, -0.2) is 14.1 Å². The Morgan fingerprint density at radius 1 is 1.28 bits per heavy atom. The first-order valence-corrected chi connectivity index (χ1v) is 8.27. The van der Waals surface area contributed by atoms with E-state index in [0.717, 1.165) is 16.0 Å². The molecule has 1 saturated heterocycles. The molecule has 0 saturated carbocycles. The molecule has 0 bridgehead atoms. The predicted molar refractivity (Wildman–Crippen MR) is 91.5 cm³/mol. The molecule has 0 aromatic heterocycles. The van der Waals surface area contributed by atoms with E-state index in [2.05, 4.69) is 0 Å². The molecule has 0 radical (unpaired) electrons. The number of cyclic esters (lactones) is 1. The maximum Gasteiger partial charge on any atom is 0.417 e. The van der Waals surface area contributed by atoms with Gasteiger partial charge in [0, 0.05) is 6.42 Å². The molecule has 0 spiro atoms. The molecule has 1 aliphatic heterocycles. The summed E-state index contributed by atoms with van der Waals surface area (Å²) in [6.45, 7) is 3.74. The highest BCUT2D eigenvalue weighted by Gasteiger charge is 2.39. The van der Waals surface area contributed by atoms with Gasteiger partial charge >= 0.3 is 6.09 Å². The molecule has 2 aromatic carbocycles. The predicted octanol–water partition coefficient (Wildman–Crippen LogP) is 4.35. The van der Waals surface area contributed by atoms with Crippen LogP contribution in [0.25, 0.3) is 0 Å². The van der Waals surface area contributed by atoms with Gasteiger partial charge in [0.1, 0.15) is 18.5 Å². The monoisotopic (exact) mass is 341 g/mol. The van der Waals surface area contributed by atoms with Crippen molar-refractivity contribution < 1.29 is 18.7 Å². The lowest BCUT2D eigenvalue weighted by Gasteiger charge is -2.22. The van der Waals surface area contributed by atoms with E-state index in [1.807, 2.05) is 43.3 Å². The average molecular weight is 341 g/mol. The molecule has 2 amide bonds. The molecule has 0 aliphatic carbocycles. The molecule has 2 aromatic rings. The average Bonchev–Trinajstić information content (AvgIpc) is 2.97. The van der Waals surface area contributed by atoms with Crippen molar-refractivity contribution in [1.82, 2.24) is 4.90 Å². The van der Waals surface area contributed by atoms with Crippen LogP contribution in [0.2, 0.25) is 0 Å². The van der Waals surface area contributed by atoms with Crippen LogP contribution in [-0.4, -0.2) is 23.5 Å². The van der Waals surface area contributed by atoms with E-state index in [1.54, 1.807) is 13.0 Å². The minimum Gasteiger partial charge on any atom is -0.446 e. The standard InChI is InChI=1S/C20H20FNO3/c1-13-8-9-16(17(21)10-13)14(2)11-19(23)22-18(12-25-20(22)24)15-6-4-3-5-7-15/h3-10,14,18H,11-12H2,1-2H3/t14-,18+/m1/s1. The Morgan fingerprint density at radius 3 is 2.68 bits per heavy atom. The summed E-state index contributed by atoms with van der Waals surface area (Å²) >= 11 is 0. The van der Waals surface area contributed by atoms with E-state index in [4.69, 9.17) is 4.74 Å². The number of imide groups is 1.